The standard InChI is InChI=1S/C26H28ClN3O3/c1-18-24(17-29(25(31)19-9-10-19)16-23-8-5-15-32-23)26(33-22-13-11-20(27)12-14-22)30(28-18)21-6-3-2-4-7-21/h2-4,6-7,11-14,19,23H,5,8-10,15-17H2,1H3. The molecular weight excluding hydrogens is 438 g/mol. The summed E-state index contributed by atoms with van der Waals surface area (Å²) in [6.07, 6.45) is 4.07. The van der Waals surface area contributed by atoms with E-state index in [4.69, 9.17) is 26.2 Å². The van der Waals surface area contributed by atoms with Gasteiger partial charge in [0.2, 0.25) is 11.8 Å². The molecular formula is C26H28ClN3O3. The van der Waals surface area contributed by atoms with Crippen LogP contribution in [0.3, 0.4) is 0 Å². The van der Waals surface area contributed by atoms with E-state index in [0.29, 0.717) is 29.7 Å². The van der Waals surface area contributed by atoms with Gasteiger partial charge in [-0.1, -0.05) is 29.8 Å². The first-order valence-electron chi connectivity index (χ1n) is 11.6. The van der Waals surface area contributed by atoms with E-state index in [2.05, 4.69) is 0 Å². The summed E-state index contributed by atoms with van der Waals surface area (Å²) in [5.41, 5.74) is 2.64. The second-order valence-electron chi connectivity index (χ2n) is 8.80. The molecule has 0 bridgehead atoms. The van der Waals surface area contributed by atoms with Crippen LogP contribution in [0.4, 0.5) is 0 Å². The van der Waals surface area contributed by atoms with E-state index in [1.165, 1.54) is 0 Å². The molecule has 6 nitrogen and oxygen atoms in total. The van der Waals surface area contributed by atoms with Gasteiger partial charge in [-0.2, -0.15) is 5.10 Å². The van der Waals surface area contributed by atoms with E-state index in [9.17, 15) is 4.79 Å². The number of benzene rings is 2. The minimum absolute atomic E-state index is 0.0952. The highest BCUT2D eigenvalue weighted by molar-refractivity contribution is 6.30. The predicted octanol–water partition coefficient (Wildman–Crippen LogP) is 5.54. The first-order valence-corrected chi connectivity index (χ1v) is 11.9. The molecule has 2 heterocycles. The topological polar surface area (TPSA) is 56.6 Å². The molecule has 1 aliphatic heterocycles. The van der Waals surface area contributed by atoms with E-state index in [0.717, 1.165) is 49.2 Å². The van der Waals surface area contributed by atoms with Gasteiger partial charge in [-0.3, -0.25) is 4.79 Å². The maximum Gasteiger partial charge on any atom is 0.227 e. The normalized spacial score (nSPS) is 17.8. The number of amides is 1. The van der Waals surface area contributed by atoms with Gasteiger partial charge in [0, 0.05) is 24.1 Å². The fourth-order valence-electron chi connectivity index (χ4n) is 4.23. The first kappa shape index (κ1) is 22.0. The van der Waals surface area contributed by atoms with Crippen molar-refractivity contribution in [3.8, 4) is 17.3 Å². The van der Waals surface area contributed by atoms with E-state index < -0.39 is 0 Å². The largest absolute Gasteiger partial charge is 0.439 e. The summed E-state index contributed by atoms with van der Waals surface area (Å²) >= 11 is 6.07. The molecule has 2 aliphatic rings. The second kappa shape index (κ2) is 9.57. The van der Waals surface area contributed by atoms with Crippen molar-refractivity contribution in [3.63, 3.8) is 0 Å². The highest BCUT2D eigenvalue weighted by Gasteiger charge is 2.36. The smallest absolute Gasteiger partial charge is 0.227 e. The lowest BCUT2D eigenvalue weighted by Crippen LogP contribution is -2.38. The van der Waals surface area contributed by atoms with Gasteiger partial charge >= 0.3 is 0 Å². The molecule has 1 saturated carbocycles. The molecule has 0 radical (unpaired) electrons. The molecule has 5 rings (SSSR count). The Morgan fingerprint density at radius 2 is 1.91 bits per heavy atom. The van der Waals surface area contributed by atoms with Crippen LogP contribution in [0.5, 0.6) is 11.6 Å². The van der Waals surface area contributed by atoms with Gasteiger partial charge in [-0.05, 0) is 69.0 Å². The Balaban J connectivity index is 1.51. The monoisotopic (exact) mass is 465 g/mol. The van der Waals surface area contributed by atoms with Crippen LogP contribution in [-0.4, -0.2) is 39.8 Å². The van der Waals surface area contributed by atoms with Gasteiger partial charge in [0.1, 0.15) is 5.75 Å². The van der Waals surface area contributed by atoms with Crippen molar-refractivity contribution in [2.24, 2.45) is 5.92 Å². The third kappa shape index (κ3) is 5.07. The van der Waals surface area contributed by atoms with Crippen molar-refractivity contribution in [1.82, 2.24) is 14.7 Å². The zero-order chi connectivity index (χ0) is 22.8. The van der Waals surface area contributed by atoms with Crippen molar-refractivity contribution in [1.29, 1.82) is 0 Å². The fraction of sp³-hybridized carbons (Fsp3) is 0.385. The van der Waals surface area contributed by atoms with Crippen molar-refractivity contribution in [2.75, 3.05) is 13.2 Å². The molecule has 172 valence electrons. The zero-order valence-electron chi connectivity index (χ0n) is 18.7. The number of nitrogens with zero attached hydrogens (tertiary/aromatic N) is 3. The molecule has 1 aromatic heterocycles. The van der Waals surface area contributed by atoms with Crippen molar-refractivity contribution in [3.05, 3.63) is 70.9 Å². The number of aryl methyl sites for hydroxylation is 1. The van der Waals surface area contributed by atoms with Crippen LogP contribution >= 0.6 is 11.6 Å². The molecule has 1 aliphatic carbocycles. The maximum atomic E-state index is 13.2. The van der Waals surface area contributed by atoms with E-state index in [1.54, 1.807) is 12.1 Å². The molecule has 2 aromatic carbocycles. The third-order valence-electron chi connectivity index (χ3n) is 6.20. The van der Waals surface area contributed by atoms with Gasteiger partial charge in [-0.15, -0.1) is 0 Å². The Labute approximate surface area is 199 Å². The number of hydrogen-bond acceptors (Lipinski definition) is 4. The number of para-hydroxylation sites is 1. The minimum atomic E-state index is 0.0952. The molecule has 7 heteroatoms. The Morgan fingerprint density at radius 1 is 1.15 bits per heavy atom. The van der Waals surface area contributed by atoms with Crippen LogP contribution in [-0.2, 0) is 16.1 Å². The van der Waals surface area contributed by atoms with Crippen molar-refractivity contribution in [2.45, 2.75) is 45.3 Å². The van der Waals surface area contributed by atoms with Crippen LogP contribution < -0.4 is 4.74 Å². The summed E-state index contributed by atoms with van der Waals surface area (Å²) in [7, 11) is 0. The highest BCUT2D eigenvalue weighted by atomic mass is 35.5. The van der Waals surface area contributed by atoms with Gasteiger partial charge in [0.25, 0.3) is 0 Å². The fourth-order valence-corrected chi connectivity index (χ4v) is 4.36. The minimum Gasteiger partial charge on any atom is -0.439 e. The number of rotatable bonds is 8. The molecule has 3 aromatic rings. The number of halogens is 1. The van der Waals surface area contributed by atoms with Crippen LogP contribution in [0.15, 0.2) is 54.6 Å². The van der Waals surface area contributed by atoms with Gasteiger partial charge in [0.15, 0.2) is 0 Å². The molecule has 1 atom stereocenters. The van der Waals surface area contributed by atoms with Crippen LogP contribution in [0.2, 0.25) is 5.02 Å². The Hall–Kier alpha value is -2.83. The lowest BCUT2D eigenvalue weighted by atomic mass is 10.1. The molecule has 0 N–H and O–H groups in total. The summed E-state index contributed by atoms with van der Waals surface area (Å²) in [4.78, 5) is 15.1. The van der Waals surface area contributed by atoms with Crippen LogP contribution in [0, 0.1) is 12.8 Å². The van der Waals surface area contributed by atoms with Gasteiger partial charge in [-0.25, -0.2) is 4.68 Å². The summed E-state index contributed by atoms with van der Waals surface area (Å²) in [6.45, 7) is 3.78. The quantitative estimate of drug-likeness (QED) is 0.438. The SMILES string of the molecule is Cc1nn(-c2ccccc2)c(Oc2ccc(Cl)cc2)c1CN(CC1CCCO1)C(=O)C1CC1. The Bertz CT molecular complexity index is 1100. The molecule has 1 saturated heterocycles. The Kier molecular flexibility index (Phi) is 6.38. The third-order valence-corrected chi connectivity index (χ3v) is 6.45. The number of carbonyl (C=O) groups excluding carboxylic acids is 1. The molecule has 1 unspecified atom stereocenters. The molecule has 1 amide bonds. The van der Waals surface area contributed by atoms with Crippen molar-refractivity contribution < 1.29 is 14.3 Å². The Morgan fingerprint density at radius 3 is 2.58 bits per heavy atom. The summed E-state index contributed by atoms with van der Waals surface area (Å²) in [5, 5.41) is 5.44. The number of hydrogen-bond donors (Lipinski definition) is 0. The van der Waals surface area contributed by atoms with Crippen molar-refractivity contribution >= 4 is 17.5 Å². The van der Waals surface area contributed by atoms with Gasteiger partial charge < -0.3 is 14.4 Å². The lowest BCUT2D eigenvalue weighted by molar-refractivity contribution is -0.134. The molecule has 2 fully saturated rings. The van der Waals surface area contributed by atoms with E-state index in [1.807, 2.05) is 59.0 Å². The number of ether oxygens (including phenoxy) is 2. The lowest BCUT2D eigenvalue weighted by Gasteiger charge is -2.26. The van der Waals surface area contributed by atoms with Crippen LogP contribution in [0.1, 0.15) is 36.9 Å². The van der Waals surface area contributed by atoms with Gasteiger partial charge in [0.05, 0.1) is 29.6 Å². The summed E-state index contributed by atoms with van der Waals surface area (Å²) in [6, 6.07) is 17.2. The van der Waals surface area contributed by atoms with E-state index >= 15 is 0 Å². The van der Waals surface area contributed by atoms with Crippen LogP contribution in [0.25, 0.3) is 5.69 Å². The average molecular weight is 466 g/mol. The molecule has 0 spiro atoms. The second-order valence-corrected chi connectivity index (χ2v) is 9.24. The average Bonchev–Trinajstić information content (AvgIpc) is 3.48. The molecule has 33 heavy (non-hydrogen) atoms. The number of aromatic nitrogens is 2. The number of carbonyl (C=O) groups is 1. The highest BCUT2D eigenvalue weighted by Crippen LogP contribution is 2.35. The maximum absolute atomic E-state index is 13.2. The summed E-state index contributed by atoms with van der Waals surface area (Å²) in [5.74, 6) is 1.62. The zero-order valence-corrected chi connectivity index (χ0v) is 19.5. The summed E-state index contributed by atoms with van der Waals surface area (Å²) < 4.78 is 14.0. The van der Waals surface area contributed by atoms with E-state index in [-0.39, 0.29) is 17.9 Å². The first-order chi connectivity index (χ1) is 16.1. The predicted molar refractivity (Wildman–Crippen MR) is 127 cm³/mol.